The van der Waals surface area contributed by atoms with Crippen LogP contribution in [0, 0.1) is 6.92 Å². The van der Waals surface area contributed by atoms with Crippen molar-refractivity contribution in [3.05, 3.63) is 113 Å². The first-order valence-electron chi connectivity index (χ1n) is 9.89. The molecule has 0 unspecified atom stereocenters. The van der Waals surface area contributed by atoms with Crippen LogP contribution in [0.3, 0.4) is 0 Å². The van der Waals surface area contributed by atoms with Gasteiger partial charge in [-0.3, -0.25) is 4.79 Å². The van der Waals surface area contributed by atoms with Crippen LogP contribution in [-0.4, -0.2) is 25.6 Å². The van der Waals surface area contributed by atoms with Gasteiger partial charge in [0, 0.05) is 17.2 Å². The molecule has 3 aromatic rings. The monoisotopic (exact) mass is 444 g/mol. The normalized spacial score (nSPS) is 15.3. The van der Waals surface area contributed by atoms with Crippen LogP contribution in [0.2, 0.25) is 0 Å². The zero-order chi connectivity index (χ0) is 22.7. The summed E-state index contributed by atoms with van der Waals surface area (Å²) in [4.78, 5) is 18.4. The van der Waals surface area contributed by atoms with Crippen molar-refractivity contribution in [2.45, 2.75) is 18.7 Å². The molecule has 0 amide bonds. The van der Waals surface area contributed by atoms with Crippen LogP contribution >= 0.6 is 0 Å². The third-order valence-electron chi connectivity index (χ3n) is 4.95. The highest BCUT2D eigenvalue weighted by molar-refractivity contribution is 7.90. The molecule has 0 N–H and O–H groups in total. The van der Waals surface area contributed by atoms with Crippen molar-refractivity contribution in [1.29, 1.82) is 0 Å². The molecule has 6 nitrogen and oxygen atoms in total. The lowest BCUT2D eigenvalue weighted by Crippen LogP contribution is -2.19. The molecule has 0 bridgehead atoms. The highest BCUT2D eigenvalue weighted by atomic mass is 32.2. The van der Waals surface area contributed by atoms with Crippen molar-refractivity contribution >= 4 is 27.2 Å². The van der Waals surface area contributed by atoms with Crippen LogP contribution in [0.4, 0.5) is 0 Å². The van der Waals surface area contributed by atoms with E-state index in [9.17, 15) is 13.2 Å². The Balaban J connectivity index is 1.75. The summed E-state index contributed by atoms with van der Waals surface area (Å²) in [5.74, 6) is -0.492. The molecule has 0 spiro atoms. The van der Waals surface area contributed by atoms with E-state index in [0.29, 0.717) is 16.8 Å². The maximum atomic E-state index is 12.9. The van der Waals surface area contributed by atoms with E-state index in [1.54, 1.807) is 43.3 Å². The lowest BCUT2D eigenvalue weighted by Gasteiger charge is -2.16. The fourth-order valence-electron chi connectivity index (χ4n) is 3.19. The number of rotatable bonds is 5. The molecule has 0 atom stereocenters. The van der Waals surface area contributed by atoms with Gasteiger partial charge in [0.25, 0.3) is 10.0 Å². The van der Waals surface area contributed by atoms with Gasteiger partial charge >= 0.3 is 0 Å². The zero-order valence-corrected chi connectivity index (χ0v) is 18.3. The smallest absolute Gasteiger partial charge is 0.282 e. The predicted octanol–water partition coefficient (Wildman–Crippen LogP) is 4.69. The Bertz CT molecular complexity index is 1370. The van der Waals surface area contributed by atoms with Crippen LogP contribution in [0.5, 0.6) is 0 Å². The van der Waals surface area contributed by atoms with E-state index in [-0.39, 0.29) is 16.4 Å². The molecule has 0 aromatic heterocycles. The number of ketones is 1. The van der Waals surface area contributed by atoms with Crippen molar-refractivity contribution in [3.63, 3.8) is 0 Å². The van der Waals surface area contributed by atoms with E-state index < -0.39 is 15.8 Å². The molecular formula is C25H20N2O4S. The van der Waals surface area contributed by atoms with Crippen molar-refractivity contribution in [3.8, 4) is 0 Å². The second-order valence-electron chi connectivity index (χ2n) is 7.28. The van der Waals surface area contributed by atoms with Crippen molar-refractivity contribution in [2.24, 2.45) is 9.55 Å². The minimum absolute atomic E-state index is 0.0683. The second kappa shape index (κ2) is 8.72. The van der Waals surface area contributed by atoms with E-state index in [1.807, 2.05) is 37.3 Å². The highest BCUT2D eigenvalue weighted by Crippen LogP contribution is 2.25. The van der Waals surface area contributed by atoms with Crippen molar-refractivity contribution in [2.75, 3.05) is 0 Å². The zero-order valence-electron chi connectivity index (χ0n) is 17.5. The molecule has 0 aliphatic heterocycles. The first-order chi connectivity index (χ1) is 15.3. The molecule has 0 heterocycles. The Morgan fingerprint density at radius 1 is 0.844 bits per heavy atom. The average molecular weight is 445 g/mol. The SMILES string of the molecule is C/C(=N/OC1=C/C(=N/S(=O)(=O)c2ccc(C)cc2)c2ccccc2C1=O)c1ccccc1. The second-order valence-corrected chi connectivity index (χ2v) is 8.89. The molecule has 7 heteroatoms. The summed E-state index contributed by atoms with van der Waals surface area (Å²) in [6, 6.07) is 22.5. The molecule has 0 fully saturated rings. The van der Waals surface area contributed by atoms with Gasteiger partial charge in [-0.05, 0) is 31.5 Å². The maximum Gasteiger partial charge on any atom is 0.282 e. The van der Waals surface area contributed by atoms with E-state index in [0.717, 1.165) is 11.1 Å². The topological polar surface area (TPSA) is 85.2 Å². The molecule has 0 radical (unpaired) electrons. The fraction of sp³-hybridized carbons (Fsp3) is 0.0800. The lowest BCUT2D eigenvalue weighted by molar-refractivity contribution is 0.0923. The van der Waals surface area contributed by atoms with E-state index in [4.69, 9.17) is 4.84 Å². The molecule has 4 rings (SSSR count). The third kappa shape index (κ3) is 4.43. The number of benzene rings is 3. The molecule has 1 aliphatic rings. The first kappa shape index (κ1) is 21.4. The molecule has 3 aromatic carbocycles. The number of carbonyl (C=O) groups excluding carboxylic acids is 1. The number of nitrogens with zero attached hydrogens (tertiary/aromatic N) is 2. The van der Waals surface area contributed by atoms with E-state index >= 15 is 0 Å². The summed E-state index contributed by atoms with van der Waals surface area (Å²) in [6.45, 7) is 3.63. The quantitative estimate of drug-likeness (QED) is 0.422. The Hall–Kier alpha value is -3.84. The Kier molecular flexibility index (Phi) is 5.83. The van der Waals surface area contributed by atoms with Gasteiger partial charge in [0.05, 0.1) is 16.3 Å². The van der Waals surface area contributed by atoms with Gasteiger partial charge in [-0.25, -0.2) is 0 Å². The summed E-state index contributed by atoms with van der Waals surface area (Å²) in [7, 11) is -3.99. The summed E-state index contributed by atoms with van der Waals surface area (Å²) in [5.41, 5.74) is 3.19. The molecule has 0 saturated heterocycles. The summed E-state index contributed by atoms with van der Waals surface area (Å²) >= 11 is 0. The number of oxime groups is 1. The number of carbonyl (C=O) groups is 1. The highest BCUT2D eigenvalue weighted by Gasteiger charge is 2.27. The standard InChI is InChI=1S/C25H20N2O4S/c1-17-12-14-20(15-13-17)32(29,30)27-23-16-24(25(28)22-11-7-6-10-21(22)23)31-26-18(2)19-8-4-3-5-9-19/h3-16H,1-2H3/b26-18-,27-23-. The van der Waals surface area contributed by atoms with Gasteiger partial charge in [0.15, 0.2) is 0 Å². The summed E-state index contributed by atoms with van der Waals surface area (Å²) < 4.78 is 29.8. The molecule has 1 aliphatic carbocycles. The minimum Gasteiger partial charge on any atom is -0.352 e. The number of aryl methyl sites for hydroxylation is 1. The Morgan fingerprint density at radius 2 is 1.47 bits per heavy atom. The van der Waals surface area contributed by atoms with E-state index in [2.05, 4.69) is 9.55 Å². The average Bonchev–Trinajstić information content (AvgIpc) is 2.80. The third-order valence-corrected chi connectivity index (χ3v) is 6.25. The molecular weight excluding hydrogens is 424 g/mol. The van der Waals surface area contributed by atoms with Gasteiger partial charge in [0.1, 0.15) is 0 Å². The van der Waals surface area contributed by atoms with Gasteiger partial charge in [-0.1, -0.05) is 77.4 Å². The van der Waals surface area contributed by atoms with Crippen LogP contribution in [0.1, 0.15) is 34.0 Å². The largest absolute Gasteiger partial charge is 0.352 e. The van der Waals surface area contributed by atoms with Gasteiger partial charge < -0.3 is 4.84 Å². The van der Waals surface area contributed by atoms with Gasteiger partial charge in [-0.2, -0.15) is 12.8 Å². The number of hydrogen-bond acceptors (Lipinski definition) is 5. The fourth-order valence-corrected chi connectivity index (χ4v) is 4.19. The number of Topliss-reactive ketones (excluding diaryl/α,β-unsaturated/α-hetero) is 1. The summed E-state index contributed by atoms with van der Waals surface area (Å²) in [5, 5.41) is 4.06. The maximum absolute atomic E-state index is 12.9. The molecule has 32 heavy (non-hydrogen) atoms. The van der Waals surface area contributed by atoms with Crippen molar-refractivity contribution in [1.82, 2.24) is 0 Å². The first-order valence-corrected chi connectivity index (χ1v) is 11.3. The summed E-state index contributed by atoms with van der Waals surface area (Å²) in [6.07, 6.45) is 1.32. The van der Waals surface area contributed by atoms with E-state index in [1.165, 1.54) is 18.2 Å². The van der Waals surface area contributed by atoms with Crippen LogP contribution < -0.4 is 0 Å². The predicted molar refractivity (Wildman–Crippen MR) is 123 cm³/mol. The Labute approximate surface area is 186 Å². The van der Waals surface area contributed by atoms with Gasteiger partial charge in [-0.15, -0.1) is 0 Å². The van der Waals surface area contributed by atoms with Crippen molar-refractivity contribution < 1.29 is 18.0 Å². The van der Waals surface area contributed by atoms with Crippen LogP contribution in [0.25, 0.3) is 0 Å². The van der Waals surface area contributed by atoms with Crippen LogP contribution in [0.15, 0.2) is 105 Å². The number of fused-ring (bicyclic) bond motifs is 1. The number of sulfonamides is 1. The lowest BCUT2D eigenvalue weighted by atomic mass is 9.93. The minimum atomic E-state index is -3.99. The van der Waals surface area contributed by atoms with Crippen LogP contribution in [-0.2, 0) is 14.9 Å². The molecule has 160 valence electrons. The number of hydrogen-bond donors (Lipinski definition) is 0. The van der Waals surface area contributed by atoms with Gasteiger partial charge in [0.2, 0.25) is 11.5 Å². The molecule has 0 saturated carbocycles. The number of allylic oxidation sites excluding steroid dienone is 2. The Morgan fingerprint density at radius 3 is 2.16 bits per heavy atom.